The maximum Gasteiger partial charge on any atom is 0.227 e. The molecule has 0 saturated carbocycles. The number of hydrogen-bond acceptors (Lipinski definition) is 4. The second kappa shape index (κ2) is 9.94. The highest BCUT2D eigenvalue weighted by Gasteiger charge is 2.30. The number of fused-ring (bicyclic) bond motifs is 1. The van der Waals surface area contributed by atoms with Crippen molar-refractivity contribution in [2.75, 3.05) is 26.2 Å². The summed E-state index contributed by atoms with van der Waals surface area (Å²) in [6.45, 7) is 5.16. The molecule has 3 heterocycles. The van der Waals surface area contributed by atoms with Crippen LogP contribution in [0.4, 0.5) is 0 Å². The lowest BCUT2D eigenvalue weighted by molar-refractivity contribution is -0.138. The van der Waals surface area contributed by atoms with Crippen LogP contribution in [0.2, 0.25) is 0 Å². The summed E-state index contributed by atoms with van der Waals surface area (Å²) < 4.78 is 13.4. The van der Waals surface area contributed by atoms with Crippen molar-refractivity contribution < 1.29 is 14.3 Å². The molecule has 32 heavy (non-hydrogen) atoms. The highest BCUT2D eigenvalue weighted by Crippen LogP contribution is 2.38. The molecule has 5 nitrogen and oxygen atoms in total. The van der Waals surface area contributed by atoms with Crippen LogP contribution in [0.5, 0.6) is 5.75 Å². The van der Waals surface area contributed by atoms with Gasteiger partial charge in [0.05, 0.1) is 6.61 Å². The van der Waals surface area contributed by atoms with Crippen LogP contribution in [-0.4, -0.2) is 41.9 Å². The molecule has 0 spiro atoms. The van der Waals surface area contributed by atoms with Crippen molar-refractivity contribution in [3.63, 3.8) is 0 Å². The van der Waals surface area contributed by atoms with E-state index >= 15 is 0 Å². The maximum absolute atomic E-state index is 12.9. The molecule has 3 aliphatic rings. The van der Waals surface area contributed by atoms with Crippen molar-refractivity contribution in [2.45, 2.75) is 51.5 Å². The number of piperidine rings is 2. The van der Waals surface area contributed by atoms with Crippen LogP contribution >= 0.6 is 15.9 Å². The molecule has 0 N–H and O–H groups in total. The summed E-state index contributed by atoms with van der Waals surface area (Å²) in [4.78, 5) is 17.5. The molecule has 2 fully saturated rings. The summed E-state index contributed by atoms with van der Waals surface area (Å²) in [6.07, 6.45) is 5.09. The van der Waals surface area contributed by atoms with Gasteiger partial charge < -0.3 is 14.4 Å². The summed E-state index contributed by atoms with van der Waals surface area (Å²) >= 11 is 3.66. The highest BCUT2D eigenvalue weighted by molar-refractivity contribution is 9.10. The molecule has 1 atom stereocenters. The number of benzene rings is 2. The highest BCUT2D eigenvalue weighted by atomic mass is 79.9. The van der Waals surface area contributed by atoms with Gasteiger partial charge in [0.25, 0.3) is 0 Å². The van der Waals surface area contributed by atoms with Crippen molar-refractivity contribution >= 4 is 21.8 Å². The van der Waals surface area contributed by atoms with Gasteiger partial charge in [0, 0.05) is 46.7 Å². The Balaban J connectivity index is 1.24. The summed E-state index contributed by atoms with van der Waals surface area (Å²) in [5.41, 5.74) is 3.29. The van der Waals surface area contributed by atoms with Crippen LogP contribution < -0.4 is 4.74 Å². The van der Waals surface area contributed by atoms with E-state index in [-0.39, 0.29) is 12.2 Å². The first-order valence-corrected chi connectivity index (χ1v) is 12.6. The Kier molecular flexibility index (Phi) is 6.81. The first kappa shape index (κ1) is 21.9. The average Bonchev–Trinajstić information content (AvgIpc) is 2.85. The zero-order valence-electron chi connectivity index (χ0n) is 18.5. The normalized spacial score (nSPS) is 22.3. The van der Waals surface area contributed by atoms with Crippen LogP contribution in [-0.2, 0) is 22.7 Å². The van der Waals surface area contributed by atoms with Gasteiger partial charge in [0.2, 0.25) is 12.2 Å². The third-order valence-corrected chi connectivity index (χ3v) is 7.35. The predicted octanol–water partition coefficient (Wildman–Crippen LogP) is 5.28. The van der Waals surface area contributed by atoms with E-state index in [0.717, 1.165) is 79.8 Å². The van der Waals surface area contributed by atoms with Crippen molar-refractivity contribution in [3.8, 4) is 5.75 Å². The molecule has 3 aliphatic heterocycles. The molecule has 0 radical (unpaired) electrons. The second-order valence-electron chi connectivity index (χ2n) is 9.16. The SMILES string of the molecule is O=C(C1CCN(Cc2cc(Br)cc3c2O[C@H](c2ccccc2)OC3)CC1)N1CCCCC1. The van der Waals surface area contributed by atoms with E-state index in [0.29, 0.717) is 12.5 Å². The maximum atomic E-state index is 12.9. The monoisotopic (exact) mass is 498 g/mol. The van der Waals surface area contributed by atoms with Crippen molar-refractivity contribution in [2.24, 2.45) is 5.92 Å². The lowest BCUT2D eigenvalue weighted by Gasteiger charge is -2.36. The topological polar surface area (TPSA) is 42.0 Å². The molecule has 2 aromatic rings. The van der Waals surface area contributed by atoms with Crippen LogP contribution in [0.25, 0.3) is 0 Å². The van der Waals surface area contributed by atoms with Gasteiger partial charge in [0.1, 0.15) is 5.75 Å². The fourth-order valence-corrected chi connectivity index (χ4v) is 5.67. The Morgan fingerprint density at radius 1 is 1.00 bits per heavy atom. The first-order chi connectivity index (χ1) is 15.7. The number of carbonyl (C=O) groups is 1. The Bertz CT molecular complexity index is 938. The number of amides is 1. The molecular formula is C26H31BrN2O3. The summed E-state index contributed by atoms with van der Waals surface area (Å²) in [5, 5.41) is 0. The van der Waals surface area contributed by atoms with Crippen molar-refractivity contribution in [1.82, 2.24) is 9.80 Å². The molecule has 0 bridgehead atoms. The van der Waals surface area contributed by atoms with E-state index < -0.39 is 0 Å². The quantitative estimate of drug-likeness (QED) is 0.574. The summed E-state index contributed by atoms with van der Waals surface area (Å²) in [7, 11) is 0. The van der Waals surface area contributed by atoms with E-state index in [9.17, 15) is 4.79 Å². The Morgan fingerprint density at radius 2 is 1.75 bits per heavy atom. The molecule has 2 saturated heterocycles. The lowest BCUT2D eigenvalue weighted by Crippen LogP contribution is -2.44. The molecule has 0 aromatic heterocycles. The Morgan fingerprint density at radius 3 is 2.50 bits per heavy atom. The largest absolute Gasteiger partial charge is 0.460 e. The Labute approximate surface area is 198 Å². The third-order valence-electron chi connectivity index (χ3n) is 6.89. The fraction of sp³-hybridized carbons (Fsp3) is 0.500. The van der Waals surface area contributed by atoms with E-state index in [4.69, 9.17) is 9.47 Å². The zero-order chi connectivity index (χ0) is 21.9. The van der Waals surface area contributed by atoms with Crippen molar-refractivity contribution in [3.05, 3.63) is 63.6 Å². The Hall–Kier alpha value is -1.89. The third kappa shape index (κ3) is 4.87. The van der Waals surface area contributed by atoms with E-state index in [1.807, 2.05) is 30.3 Å². The van der Waals surface area contributed by atoms with Gasteiger partial charge >= 0.3 is 0 Å². The van der Waals surface area contributed by atoms with E-state index in [2.05, 4.69) is 37.9 Å². The molecule has 170 valence electrons. The van der Waals surface area contributed by atoms with Gasteiger partial charge in [-0.15, -0.1) is 0 Å². The van der Waals surface area contributed by atoms with Crippen LogP contribution in [0.1, 0.15) is 55.1 Å². The molecule has 0 aliphatic carbocycles. The minimum absolute atomic E-state index is 0.188. The first-order valence-electron chi connectivity index (χ1n) is 11.8. The van der Waals surface area contributed by atoms with Gasteiger partial charge in [-0.1, -0.05) is 46.3 Å². The van der Waals surface area contributed by atoms with Crippen LogP contribution in [0, 0.1) is 5.92 Å². The number of likely N-dealkylation sites (tertiary alicyclic amines) is 2. The summed E-state index contributed by atoms with van der Waals surface area (Å²) in [6, 6.07) is 14.4. The molecule has 5 rings (SSSR count). The van der Waals surface area contributed by atoms with E-state index in [1.54, 1.807) is 0 Å². The van der Waals surface area contributed by atoms with Gasteiger partial charge in [-0.2, -0.15) is 0 Å². The number of halogens is 1. The molecule has 2 aromatic carbocycles. The lowest BCUT2D eigenvalue weighted by atomic mass is 9.94. The number of ether oxygens (including phenoxy) is 2. The molecule has 6 heteroatoms. The predicted molar refractivity (Wildman–Crippen MR) is 127 cm³/mol. The number of rotatable bonds is 4. The fourth-order valence-electron chi connectivity index (χ4n) is 5.12. The van der Waals surface area contributed by atoms with Crippen LogP contribution in [0.15, 0.2) is 46.9 Å². The summed E-state index contributed by atoms with van der Waals surface area (Å²) in [5.74, 6) is 1.52. The molecule has 1 amide bonds. The number of nitrogens with zero attached hydrogens (tertiary/aromatic N) is 2. The number of carbonyl (C=O) groups excluding carboxylic acids is 1. The number of hydrogen-bond donors (Lipinski definition) is 0. The van der Waals surface area contributed by atoms with Gasteiger partial charge in [0.15, 0.2) is 0 Å². The molecular weight excluding hydrogens is 468 g/mol. The van der Waals surface area contributed by atoms with Crippen LogP contribution in [0.3, 0.4) is 0 Å². The smallest absolute Gasteiger partial charge is 0.227 e. The molecule has 0 unspecified atom stereocenters. The van der Waals surface area contributed by atoms with E-state index in [1.165, 1.54) is 12.0 Å². The standard InChI is InChI=1S/C26H31BrN2O3/c27-23-15-21(24-22(16-23)18-31-26(32-24)20-7-3-1-4-8-20)17-28-13-9-19(10-14-28)25(30)29-11-5-2-6-12-29/h1,3-4,7-8,15-16,19,26H,2,5-6,9-14,17-18H2/t26-/m1/s1. The second-order valence-corrected chi connectivity index (χ2v) is 10.1. The van der Waals surface area contributed by atoms with Gasteiger partial charge in [-0.25, -0.2) is 0 Å². The minimum Gasteiger partial charge on any atom is -0.460 e. The van der Waals surface area contributed by atoms with Gasteiger partial charge in [-0.05, 0) is 57.3 Å². The minimum atomic E-state index is -0.378. The van der Waals surface area contributed by atoms with Crippen molar-refractivity contribution in [1.29, 1.82) is 0 Å². The van der Waals surface area contributed by atoms with Gasteiger partial charge in [-0.3, -0.25) is 9.69 Å². The average molecular weight is 499 g/mol. The zero-order valence-corrected chi connectivity index (χ0v) is 20.1.